The van der Waals surface area contributed by atoms with Gasteiger partial charge in [0.15, 0.2) is 11.9 Å². The molecule has 6 nitrogen and oxygen atoms in total. The molecular formula is C31H55NO5. The Morgan fingerprint density at radius 3 is 2.16 bits per heavy atom. The molecule has 8 atom stereocenters. The number of fused-ring (bicyclic) bond motifs is 2. The van der Waals surface area contributed by atoms with Crippen LogP contribution in [0.25, 0.3) is 0 Å². The zero-order valence-corrected chi connectivity index (χ0v) is 24.2. The molecule has 2 bridgehead atoms. The van der Waals surface area contributed by atoms with Gasteiger partial charge in [0.25, 0.3) is 0 Å². The number of nitrogens with one attached hydrogen (secondary N) is 1. The molecule has 0 unspecified atom stereocenters. The Morgan fingerprint density at radius 2 is 1.49 bits per heavy atom. The lowest BCUT2D eigenvalue weighted by atomic mass is 9.57. The van der Waals surface area contributed by atoms with Crippen LogP contribution in [0.4, 0.5) is 0 Å². The highest BCUT2D eigenvalue weighted by molar-refractivity contribution is 5.76. The number of hydrogen-bond donors (Lipinski definition) is 1. The second-order valence-corrected chi connectivity index (χ2v) is 12.9. The maximum atomic E-state index is 12.8. The number of rotatable bonds is 15. The Bertz CT molecular complexity index is 718. The van der Waals surface area contributed by atoms with Crippen LogP contribution < -0.4 is 5.32 Å². The third-order valence-corrected chi connectivity index (χ3v) is 10.0. The van der Waals surface area contributed by atoms with Crippen LogP contribution in [0.2, 0.25) is 0 Å². The summed E-state index contributed by atoms with van der Waals surface area (Å²) in [5, 5.41) is 3.16. The summed E-state index contributed by atoms with van der Waals surface area (Å²) in [6.07, 6.45) is 19.8. The van der Waals surface area contributed by atoms with Crippen molar-refractivity contribution in [3.63, 3.8) is 0 Å². The second kappa shape index (κ2) is 13.6. The number of carbonyl (C=O) groups excluding carboxylic acids is 1. The van der Waals surface area contributed by atoms with Gasteiger partial charge in [-0.3, -0.25) is 4.79 Å². The number of hydrogen-bond acceptors (Lipinski definition) is 5. The summed E-state index contributed by atoms with van der Waals surface area (Å²) in [7, 11) is 0. The van der Waals surface area contributed by atoms with Gasteiger partial charge in [-0.05, 0) is 50.4 Å². The zero-order chi connectivity index (χ0) is 26.3. The smallest absolute Gasteiger partial charge is 0.222 e. The van der Waals surface area contributed by atoms with Crippen molar-refractivity contribution in [1.82, 2.24) is 5.32 Å². The van der Waals surface area contributed by atoms with Crippen molar-refractivity contribution in [2.75, 3.05) is 6.54 Å². The molecule has 1 aliphatic carbocycles. The van der Waals surface area contributed by atoms with E-state index >= 15 is 0 Å². The molecule has 5 rings (SSSR count). The van der Waals surface area contributed by atoms with Crippen LogP contribution in [0.1, 0.15) is 137 Å². The Morgan fingerprint density at radius 1 is 0.838 bits per heavy atom. The van der Waals surface area contributed by atoms with Gasteiger partial charge in [0.1, 0.15) is 0 Å². The Kier molecular flexibility index (Phi) is 10.8. The molecule has 4 saturated heterocycles. The van der Waals surface area contributed by atoms with E-state index in [0.717, 1.165) is 32.2 Å². The van der Waals surface area contributed by atoms with Gasteiger partial charge in [-0.2, -0.15) is 0 Å². The summed E-state index contributed by atoms with van der Waals surface area (Å²) in [5.74, 6) is 0.752. The van der Waals surface area contributed by atoms with Crippen LogP contribution in [0, 0.1) is 23.7 Å². The monoisotopic (exact) mass is 521 g/mol. The van der Waals surface area contributed by atoms with Crippen molar-refractivity contribution >= 4 is 5.91 Å². The first-order valence-corrected chi connectivity index (χ1v) is 15.9. The summed E-state index contributed by atoms with van der Waals surface area (Å²) < 4.78 is 13.0. The third kappa shape index (κ3) is 6.91. The van der Waals surface area contributed by atoms with Crippen molar-refractivity contribution in [2.24, 2.45) is 23.7 Å². The first-order valence-electron chi connectivity index (χ1n) is 15.9. The fourth-order valence-corrected chi connectivity index (χ4v) is 7.66. The first-order chi connectivity index (χ1) is 17.9. The van der Waals surface area contributed by atoms with Crippen LogP contribution in [0.5, 0.6) is 0 Å². The van der Waals surface area contributed by atoms with Gasteiger partial charge < -0.3 is 14.8 Å². The maximum absolute atomic E-state index is 12.8. The summed E-state index contributed by atoms with van der Waals surface area (Å²) in [6.45, 7) is 9.55. The van der Waals surface area contributed by atoms with E-state index in [0.29, 0.717) is 18.3 Å². The Hall–Kier alpha value is -0.690. The van der Waals surface area contributed by atoms with Crippen LogP contribution in [0.15, 0.2) is 0 Å². The minimum absolute atomic E-state index is 0.0961. The molecule has 0 aromatic heterocycles. The van der Waals surface area contributed by atoms with Crippen molar-refractivity contribution in [2.45, 2.75) is 161 Å². The van der Waals surface area contributed by atoms with Crippen LogP contribution >= 0.6 is 0 Å². The SMILES string of the molecule is CCCCCCCCCCCCCCNC(=O)C[C@H]1O[C@@H]2O[C@@]3(C)CC[C@H]4[C@H](C)CC[C@@H]([C@H]1C)[C@@]24OO3. The Balaban J connectivity index is 1.14. The molecule has 1 spiro atoms. The molecule has 1 saturated carbocycles. The van der Waals surface area contributed by atoms with E-state index < -0.39 is 17.7 Å². The molecule has 4 heterocycles. The molecule has 1 amide bonds. The average molecular weight is 522 g/mol. The number of carbonyl (C=O) groups is 1. The van der Waals surface area contributed by atoms with Crippen LogP contribution in [0.3, 0.4) is 0 Å². The van der Waals surface area contributed by atoms with Gasteiger partial charge >= 0.3 is 0 Å². The summed E-state index contributed by atoms with van der Waals surface area (Å²) in [4.78, 5) is 25.0. The first kappa shape index (κ1) is 29.3. The molecule has 5 aliphatic rings. The predicted molar refractivity (Wildman–Crippen MR) is 146 cm³/mol. The molecule has 214 valence electrons. The highest BCUT2D eigenvalue weighted by Crippen LogP contribution is 2.60. The van der Waals surface area contributed by atoms with E-state index in [4.69, 9.17) is 19.2 Å². The highest BCUT2D eigenvalue weighted by atomic mass is 17.3. The standard InChI is InChI=1S/C31H55NO5/c1-5-6-7-8-9-10-11-12-13-14-15-16-21-32-28(33)22-27-24(3)26-18-17-23(2)25-19-20-30(4)35-29(34-27)31(25,26)37-36-30/h23-27,29H,5-22H2,1-4H3,(H,32,33)/t23-,24-,25+,26+,27-,29-,30-,31-/m1/s1. The number of unbranched alkanes of at least 4 members (excludes halogenated alkanes) is 11. The van der Waals surface area contributed by atoms with E-state index in [9.17, 15) is 4.79 Å². The normalized spacial score (nSPS) is 38.7. The van der Waals surface area contributed by atoms with E-state index in [-0.39, 0.29) is 23.8 Å². The van der Waals surface area contributed by atoms with Gasteiger partial charge in [-0.15, -0.1) is 0 Å². The van der Waals surface area contributed by atoms with Gasteiger partial charge in [0, 0.05) is 18.9 Å². The highest BCUT2D eigenvalue weighted by Gasteiger charge is 2.69. The second-order valence-electron chi connectivity index (χ2n) is 12.9. The molecule has 5 fully saturated rings. The van der Waals surface area contributed by atoms with Gasteiger partial charge in [-0.1, -0.05) is 91.4 Å². The lowest BCUT2D eigenvalue weighted by Gasteiger charge is -2.60. The molecule has 0 aromatic carbocycles. The molecule has 1 N–H and O–H groups in total. The molecule has 37 heavy (non-hydrogen) atoms. The van der Waals surface area contributed by atoms with Crippen LogP contribution in [-0.4, -0.2) is 36.2 Å². The van der Waals surface area contributed by atoms with E-state index in [1.54, 1.807) is 0 Å². The fourth-order valence-electron chi connectivity index (χ4n) is 7.66. The average Bonchev–Trinajstić information content (AvgIpc) is 3.11. The maximum Gasteiger partial charge on any atom is 0.222 e. The number of amides is 1. The van der Waals surface area contributed by atoms with Crippen molar-refractivity contribution in [3.05, 3.63) is 0 Å². The van der Waals surface area contributed by atoms with E-state index in [2.05, 4.69) is 26.1 Å². The van der Waals surface area contributed by atoms with E-state index in [1.165, 1.54) is 77.0 Å². The lowest BCUT2D eigenvalue weighted by molar-refractivity contribution is -0.570. The van der Waals surface area contributed by atoms with Crippen molar-refractivity contribution in [3.8, 4) is 0 Å². The van der Waals surface area contributed by atoms with E-state index in [1.807, 2.05) is 6.92 Å². The molecule has 6 heteroatoms. The quantitative estimate of drug-likeness (QED) is 0.179. The van der Waals surface area contributed by atoms with Gasteiger partial charge in [-0.25, -0.2) is 9.78 Å². The lowest BCUT2D eigenvalue weighted by Crippen LogP contribution is -2.70. The van der Waals surface area contributed by atoms with Crippen molar-refractivity contribution < 1.29 is 24.0 Å². The predicted octanol–water partition coefficient (Wildman–Crippen LogP) is 7.44. The zero-order valence-electron chi connectivity index (χ0n) is 24.2. The van der Waals surface area contributed by atoms with Gasteiger partial charge in [0.2, 0.25) is 11.7 Å². The number of ether oxygens (including phenoxy) is 2. The van der Waals surface area contributed by atoms with Crippen LogP contribution in [-0.2, 0) is 24.0 Å². The summed E-state index contributed by atoms with van der Waals surface area (Å²) >= 11 is 0. The fraction of sp³-hybridized carbons (Fsp3) is 0.968. The third-order valence-electron chi connectivity index (χ3n) is 10.0. The minimum atomic E-state index is -0.764. The molecular weight excluding hydrogens is 466 g/mol. The topological polar surface area (TPSA) is 66.0 Å². The molecule has 4 aliphatic heterocycles. The summed E-state index contributed by atoms with van der Waals surface area (Å²) in [6, 6.07) is 0. The minimum Gasteiger partial charge on any atom is -0.356 e. The Labute approximate surface area is 226 Å². The molecule has 0 aromatic rings. The van der Waals surface area contributed by atoms with Crippen molar-refractivity contribution in [1.29, 1.82) is 0 Å². The largest absolute Gasteiger partial charge is 0.356 e. The van der Waals surface area contributed by atoms with Gasteiger partial charge in [0.05, 0.1) is 12.5 Å². The molecule has 0 radical (unpaired) electrons. The summed E-state index contributed by atoms with van der Waals surface area (Å²) in [5.41, 5.74) is -0.547.